The minimum Gasteiger partial charge on any atom is -0.351 e. The summed E-state index contributed by atoms with van der Waals surface area (Å²) in [7, 11) is 0. The Hall–Kier alpha value is -1.43. The van der Waals surface area contributed by atoms with Crippen molar-refractivity contribution < 1.29 is 9.59 Å². The van der Waals surface area contributed by atoms with Gasteiger partial charge in [-0.05, 0) is 38.5 Å². The first-order valence-electron chi connectivity index (χ1n) is 9.05. The molecule has 1 saturated heterocycles. The Morgan fingerprint density at radius 3 is 2.67 bits per heavy atom. The van der Waals surface area contributed by atoms with E-state index in [-0.39, 0.29) is 29.3 Å². The van der Waals surface area contributed by atoms with Crippen molar-refractivity contribution in [3.05, 3.63) is 16.1 Å². The van der Waals surface area contributed by atoms with Crippen LogP contribution in [0.2, 0.25) is 0 Å². The number of carbonyl (C=O) groups is 2. The second-order valence-electron chi connectivity index (χ2n) is 7.69. The lowest BCUT2D eigenvalue weighted by molar-refractivity contribution is -0.123. The summed E-state index contributed by atoms with van der Waals surface area (Å²) in [5, 5.41) is 3.30. The first-order chi connectivity index (χ1) is 11.5. The molecule has 2 amide bonds. The van der Waals surface area contributed by atoms with Crippen LogP contribution < -0.4 is 5.32 Å². The van der Waals surface area contributed by atoms with Crippen LogP contribution in [0.25, 0.3) is 0 Å². The van der Waals surface area contributed by atoms with Crippen molar-refractivity contribution in [2.24, 2.45) is 11.8 Å². The summed E-state index contributed by atoms with van der Waals surface area (Å²) in [6.45, 7) is 4.81. The molecule has 1 N–H and O–H groups in total. The first-order valence-corrected chi connectivity index (χ1v) is 9.93. The van der Waals surface area contributed by atoms with Gasteiger partial charge in [0.1, 0.15) is 5.69 Å². The molecule has 130 valence electrons. The molecule has 0 radical (unpaired) electrons. The Balaban J connectivity index is 1.56. The summed E-state index contributed by atoms with van der Waals surface area (Å²) in [4.78, 5) is 32.8. The Morgan fingerprint density at radius 1 is 1.38 bits per heavy atom. The van der Waals surface area contributed by atoms with E-state index in [2.05, 4.69) is 17.2 Å². The van der Waals surface area contributed by atoms with Crippen LogP contribution >= 0.6 is 11.3 Å². The summed E-state index contributed by atoms with van der Waals surface area (Å²) in [6, 6.07) is 0.100. The van der Waals surface area contributed by atoms with Crippen LogP contribution in [-0.2, 0) is 4.79 Å². The van der Waals surface area contributed by atoms with Gasteiger partial charge in [0, 0.05) is 17.3 Å². The number of nitrogens with zero attached hydrogens (tertiary/aromatic N) is 2. The third-order valence-corrected chi connectivity index (χ3v) is 7.01. The minimum absolute atomic E-state index is 0.0483. The van der Waals surface area contributed by atoms with Crippen molar-refractivity contribution in [2.45, 2.75) is 64.0 Å². The fraction of sp³-hybridized carbons (Fsp3) is 0.722. The molecule has 1 spiro atoms. The molecule has 1 aromatic heterocycles. The number of thiazole rings is 1. The maximum Gasteiger partial charge on any atom is 0.274 e. The molecule has 3 fully saturated rings. The average Bonchev–Trinajstić information content (AvgIpc) is 2.97. The van der Waals surface area contributed by atoms with Gasteiger partial charge < -0.3 is 10.2 Å². The van der Waals surface area contributed by atoms with Crippen molar-refractivity contribution in [1.29, 1.82) is 0 Å². The summed E-state index contributed by atoms with van der Waals surface area (Å²) < 4.78 is 0. The molecular formula is C18H25N3O2S. The molecule has 1 aromatic rings. The highest BCUT2D eigenvalue weighted by Gasteiger charge is 2.54. The lowest BCUT2D eigenvalue weighted by atomic mass is 9.88. The zero-order valence-electron chi connectivity index (χ0n) is 14.4. The van der Waals surface area contributed by atoms with E-state index in [1.54, 1.807) is 5.51 Å². The van der Waals surface area contributed by atoms with Gasteiger partial charge >= 0.3 is 0 Å². The van der Waals surface area contributed by atoms with Crippen LogP contribution in [0.15, 0.2) is 5.51 Å². The molecule has 4 rings (SSSR count). The highest BCUT2D eigenvalue weighted by molar-refractivity contribution is 7.09. The maximum atomic E-state index is 13.1. The minimum atomic E-state index is -0.194. The molecule has 24 heavy (non-hydrogen) atoms. The average molecular weight is 347 g/mol. The van der Waals surface area contributed by atoms with E-state index in [1.807, 2.05) is 11.8 Å². The van der Waals surface area contributed by atoms with Gasteiger partial charge in [0.2, 0.25) is 5.91 Å². The van der Waals surface area contributed by atoms with Gasteiger partial charge in [0.25, 0.3) is 5.91 Å². The van der Waals surface area contributed by atoms with Crippen LogP contribution in [-0.4, -0.2) is 39.8 Å². The number of hydrogen-bond acceptors (Lipinski definition) is 4. The summed E-state index contributed by atoms with van der Waals surface area (Å²) in [5.41, 5.74) is 2.14. The monoisotopic (exact) mass is 347 g/mol. The normalized spacial score (nSPS) is 30.8. The number of aromatic nitrogens is 1. The first kappa shape index (κ1) is 16.1. The molecule has 1 unspecified atom stereocenters. The molecule has 2 heterocycles. The van der Waals surface area contributed by atoms with Crippen LogP contribution in [0.3, 0.4) is 0 Å². The predicted octanol–water partition coefficient (Wildman–Crippen LogP) is 2.75. The Kier molecular flexibility index (Phi) is 3.90. The van der Waals surface area contributed by atoms with E-state index in [9.17, 15) is 9.59 Å². The standard InChI is InChI=1S/C18H25N3O2S/c1-11-9-13(11)16(22)20-14-5-8-21(18(14)6-3-4-7-18)17(23)15-12(2)24-10-19-15/h10-11,13-14H,3-9H2,1-2H3,(H,20,22)/t11-,13-,14?/m1/s1. The van der Waals surface area contributed by atoms with Gasteiger partial charge in [-0.2, -0.15) is 0 Å². The SMILES string of the molecule is Cc1scnc1C(=O)N1CCC(NC(=O)[C@@H]2C[C@H]2C)C12CCCC2. The maximum absolute atomic E-state index is 13.1. The number of rotatable bonds is 3. The second-order valence-corrected chi connectivity index (χ2v) is 8.75. The molecule has 1 aliphatic heterocycles. The number of amides is 2. The quantitative estimate of drug-likeness (QED) is 0.914. The molecule has 6 heteroatoms. The summed E-state index contributed by atoms with van der Waals surface area (Å²) in [5.74, 6) is 0.945. The summed E-state index contributed by atoms with van der Waals surface area (Å²) >= 11 is 1.52. The molecule has 3 atom stereocenters. The highest BCUT2D eigenvalue weighted by atomic mass is 32.1. The number of hydrogen-bond donors (Lipinski definition) is 1. The molecular weight excluding hydrogens is 322 g/mol. The lowest BCUT2D eigenvalue weighted by Crippen LogP contribution is -2.56. The lowest BCUT2D eigenvalue weighted by Gasteiger charge is -2.39. The zero-order valence-corrected chi connectivity index (χ0v) is 15.2. The van der Waals surface area contributed by atoms with Gasteiger partial charge in [-0.1, -0.05) is 19.8 Å². The van der Waals surface area contributed by atoms with Gasteiger partial charge in [0.15, 0.2) is 0 Å². The van der Waals surface area contributed by atoms with Crippen molar-refractivity contribution in [1.82, 2.24) is 15.2 Å². The largest absolute Gasteiger partial charge is 0.351 e. The third-order valence-electron chi connectivity index (χ3n) is 6.25. The van der Waals surface area contributed by atoms with E-state index >= 15 is 0 Å². The van der Waals surface area contributed by atoms with Crippen molar-refractivity contribution >= 4 is 23.2 Å². The Labute approximate surface area is 146 Å². The fourth-order valence-electron chi connectivity index (χ4n) is 4.66. The van der Waals surface area contributed by atoms with Crippen molar-refractivity contribution in [3.8, 4) is 0 Å². The third kappa shape index (κ3) is 2.46. The summed E-state index contributed by atoms with van der Waals surface area (Å²) in [6.07, 6.45) is 6.12. The van der Waals surface area contributed by atoms with E-state index in [0.717, 1.165) is 49.9 Å². The number of nitrogens with one attached hydrogen (secondary N) is 1. The zero-order chi connectivity index (χ0) is 16.9. The number of aryl methyl sites for hydroxylation is 1. The molecule has 5 nitrogen and oxygen atoms in total. The van der Waals surface area contributed by atoms with E-state index in [1.165, 1.54) is 11.3 Å². The fourth-order valence-corrected chi connectivity index (χ4v) is 5.23. The highest BCUT2D eigenvalue weighted by Crippen LogP contribution is 2.45. The molecule has 2 saturated carbocycles. The van der Waals surface area contributed by atoms with Crippen LogP contribution in [0.5, 0.6) is 0 Å². The van der Waals surface area contributed by atoms with Gasteiger partial charge in [-0.15, -0.1) is 11.3 Å². The van der Waals surface area contributed by atoms with Gasteiger partial charge in [-0.3, -0.25) is 9.59 Å². The predicted molar refractivity (Wildman–Crippen MR) is 92.9 cm³/mol. The topological polar surface area (TPSA) is 62.3 Å². The van der Waals surface area contributed by atoms with Crippen LogP contribution in [0, 0.1) is 18.8 Å². The Bertz CT molecular complexity index is 665. The molecule has 0 aromatic carbocycles. The van der Waals surface area contributed by atoms with Crippen LogP contribution in [0.4, 0.5) is 0 Å². The number of carbonyl (C=O) groups excluding carboxylic acids is 2. The Morgan fingerprint density at radius 2 is 2.08 bits per heavy atom. The van der Waals surface area contributed by atoms with Crippen molar-refractivity contribution in [3.63, 3.8) is 0 Å². The van der Waals surface area contributed by atoms with Crippen molar-refractivity contribution in [2.75, 3.05) is 6.54 Å². The van der Waals surface area contributed by atoms with E-state index in [4.69, 9.17) is 0 Å². The van der Waals surface area contributed by atoms with Crippen LogP contribution in [0.1, 0.15) is 60.8 Å². The molecule has 3 aliphatic rings. The van der Waals surface area contributed by atoms with E-state index in [0.29, 0.717) is 11.6 Å². The van der Waals surface area contributed by atoms with E-state index < -0.39 is 0 Å². The number of likely N-dealkylation sites (tertiary alicyclic amines) is 1. The molecule has 0 bridgehead atoms. The van der Waals surface area contributed by atoms with Gasteiger partial charge in [0.05, 0.1) is 17.1 Å². The molecule has 2 aliphatic carbocycles. The second kappa shape index (κ2) is 5.83. The smallest absolute Gasteiger partial charge is 0.274 e. The van der Waals surface area contributed by atoms with Gasteiger partial charge in [-0.25, -0.2) is 4.98 Å².